The van der Waals surface area contributed by atoms with Gasteiger partial charge < -0.3 is 9.63 Å². The topological polar surface area (TPSA) is 75.6 Å². The molecule has 0 saturated carbocycles. The fourth-order valence-corrected chi connectivity index (χ4v) is 1.70. The van der Waals surface area contributed by atoms with Crippen LogP contribution in [0.3, 0.4) is 0 Å². The summed E-state index contributed by atoms with van der Waals surface area (Å²) in [5.74, 6) is -0.512. The van der Waals surface area contributed by atoms with Crippen LogP contribution in [-0.4, -0.2) is 29.2 Å². The zero-order valence-corrected chi connectivity index (χ0v) is 9.88. The Morgan fingerprint density at radius 1 is 1.50 bits per heavy atom. The molecule has 2 atom stereocenters. The molecule has 0 aliphatic heterocycles. The first kappa shape index (κ1) is 13.6. The van der Waals surface area contributed by atoms with Crippen molar-refractivity contribution < 1.29 is 19.0 Å². The molecule has 0 aromatic heterocycles. The van der Waals surface area contributed by atoms with Crippen molar-refractivity contribution in [2.45, 2.75) is 39.4 Å². The van der Waals surface area contributed by atoms with Crippen LogP contribution in [0.1, 0.15) is 27.7 Å². The van der Waals surface area contributed by atoms with Gasteiger partial charge in [0.1, 0.15) is 6.04 Å². The van der Waals surface area contributed by atoms with Crippen molar-refractivity contribution in [1.82, 2.24) is 5.09 Å². The van der Waals surface area contributed by atoms with Gasteiger partial charge >= 0.3 is 5.97 Å². The third-order valence-electron chi connectivity index (χ3n) is 1.72. The lowest BCUT2D eigenvalue weighted by Gasteiger charge is -2.20. The summed E-state index contributed by atoms with van der Waals surface area (Å²) in [6.07, 6.45) is 0. The Hall–Kier alpha value is -0.380. The second-order valence-corrected chi connectivity index (χ2v) is 5.86. The lowest BCUT2D eigenvalue weighted by atomic mass is 10.4. The summed E-state index contributed by atoms with van der Waals surface area (Å²) in [7, 11) is -3.45. The standard InChI is InChI=1S/C8H18NO4P/c1-5-13-8(10)7(4)9-14(11,12)6(2)3/h6-7H,5H2,1-4H3,(H2,9,11,12). The van der Waals surface area contributed by atoms with Crippen molar-refractivity contribution >= 4 is 13.5 Å². The maximum atomic E-state index is 11.5. The van der Waals surface area contributed by atoms with Crippen LogP contribution in [-0.2, 0) is 14.1 Å². The number of ether oxygens (including phenoxy) is 1. The van der Waals surface area contributed by atoms with Crippen molar-refractivity contribution in [3.63, 3.8) is 0 Å². The van der Waals surface area contributed by atoms with E-state index < -0.39 is 25.2 Å². The summed E-state index contributed by atoms with van der Waals surface area (Å²) in [5.41, 5.74) is -0.417. The zero-order valence-electron chi connectivity index (χ0n) is 8.98. The number of hydrogen-bond donors (Lipinski definition) is 2. The number of rotatable bonds is 5. The van der Waals surface area contributed by atoms with Crippen LogP contribution in [0.25, 0.3) is 0 Å². The van der Waals surface area contributed by atoms with Crippen LogP contribution < -0.4 is 5.09 Å². The normalized spacial score (nSPS) is 17.6. The van der Waals surface area contributed by atoms with Crippen LogP contribution >= 0.6 is 7.52 Å². The minimum absolute atomic E-state index is 0.266. The molecule has 0 amide bonds. The summed E-state index contributed by atoms with van der Waals surface area (Å²) >= 11 is 0. The second kappa shape index (κ2) is 5.49. The molecule has 0 aliphatic carbocycles. The third-order valence-corrected chi connectivity index (χ3v) is 3.88. The van der Waals surface area contributed by atoms with Gasteiger partial charge in [-0.1, -0.05) is 13.8 Å². The number of hydrogen-bond acceptors (Lipinski definition) is 3. The monoisotopic (exact) mass is 223 g/mol. The van der Waals surface area contributed by atoms with E-state index in [4.69, 9.17) is 4.74 Å². The van der Waals surface area contributed by atoms with E-state index in [1.54, 1.807) is 20.8 Å². The Kier molecular flexibility index (Phi) is 5.34. The molecule has 0 radical (unpaired) electrons. The maximum absolute atomic E-state index is 11.5. The summed E-state index contributed by atoms with van der Waals surface area (Å²) in [6, 6.07) is -0.756. The van der Waals surface area contributed by atoms with E-state index in [2.05, 4.69) is 5.09 Å². The van der Waals surface area contributed by atoms with E-state index in [0.29, 0.717) is 0 Å². The largest absolute Gasteiger partial charge is 0.465 e. The van der Waals surface area contributed by atoms with E-state index in [9.17, 15) is 14.3 Å². The van der Waals surface area contributed by atoms with Gasteiger partial charge in [0.2, 0.25) is 0 Å². The highest BCUT2D eigenvalue weighted by molar-refractivity contribution is 7.56. The molecule has 0 aliphatic rings. The van der Waals surface area contributed by atoms with Gasteiger partial charge in [-0.2, -0.15) is 0 Å². The molecule has 2 N–H and O–H groups in total. The predicted octanol–water partition coefficient (Wildman–Crippen LogP) is 1.12. The van der Waals surface area contributed by atoms with Crippen LogP contribution in [0.4, 0.5) is 0 Å². The van der Waals surface area contributed by atoms with E-state index in [-0.39, 0.29) is 6.61 Å². The highest BCUT2D eigenvalue weighted by atomic mass is 31.2. The van der Waals surface area contributed by atoms with Crippen LogP contribution in [0.15, 0.2) is 0 Å². The molecule has 0 bridgehead atoms. The zero-order chi connectivity index (χ0) is 11.4. The Balaban J connectivity index is 4.25. The first-order valence-corrected chi connectivity index (χ1v) is 6.31. The van der Waals surface area contributed by atoms with Gasteiger partial charge in [0.05, 0.1) is 6.61 Å². The smallest absolute Gasteiger partial charge is 0.323 e. The van der Waals surface area contributed by atoms with Crippen molar-refractivity contribution in [2.75, 3.05) is 6.61 Å². The quantitative estimate of drug-likeness (QED) is 0.539. The Morgan fingerprint density at radius 2 is 2.00 bits per heavy atom. The Labute approximate surface area is 84.3 Å². The van der Waals surface area contributed by atoms with Gasteiger partial charge in [0.25, 0.3) is 7.52 Å². The second-order valence-electron chi connectivity index (χ2n) is 3.32. The fraction of sp³-hybridized carbons (Fsp3) is 0.875. The van der Waals surface area contributed by atoms with Gasteiger partial charge in [-0.15, -0.1) is 0 Å². The first-order chi connectivity index (χ1) is 6.31. The molecule has 0 fully saturated rings. The van der Waals surface area contributed by atoms with Gasteiger partial charge in [-0.3, -0.25) is 9.36 Å². The van der Waals surface area contributed by atoms with Crippen LogP contribution in [0.5, 0.6) is 0 Å². The van der Waals surface area contributed by atoms with Crippen LogP contribution in [0, 0.1) is 0 Å². The molecule has 0 saturated heterocycles. The molecular weight excluding hydrogens is 205 g/mol. The van der Waals surface area contributed by atoms with Crippen molar-refractivity contribution in [2.24, 2.45) is 0 Å². The minimum Gasteiger partial charge on any atom is -0.465 e. The van der Waals surface area contributed by atoms with Gasteiger partial charge in [0, 0.05) is 5.66 Å². The summed E-state index contributed by atoms with van der Waals surface area (Å²) in [4.78, 5) is 20.5. The number of carbonyl (C=O) groups excluding carboxylic acids is 1. The predicted molar refractivity (Wildman–Crippen MR) is 54.2 cm³/mol. The van der Waals surface area contributed by atoms with E-state index in [0.717, 1.165) is 0 Å². The number of esters is 1. The molecule has 0 rings (SSSR count). The molecule has 0 aromatic rings. The highest BCUT2D eigenvalue weighted by Crippen LogP contribution is 2.41. The number of carbonyl (C=O) groups is 1. The fourth-order valence-electron chi connectivity index (χ4n) is 0.746. The molecule has 2 unspecified atom stereocenters. The van der Waals surface area contributed by atoms with Crippen molar-refractivity contribution in [1.29, 1.82) is 0 Å². The average Bonchev–Trinajstić information content (AvgIpc) is 2.03. The molecule has 6 heteroatoms. The van der Waals surface area contributed by atoms with E-state index >= 15 is 0 Å². The Bertz CT molecular complexity index is 241. The molecule has 14 heavy (non-hydrogen) atoms. The summed E-state index contributed by atoms with van der Waals surface area (Å²) in [6.45, 7) is 6.69. The lowest BCUT2D eigenvalue weighted by Crippen LogP contribution is -2.34. The van der Waals surface area contributed by atoms with E-state index in [1.807, 2.05) is 0 Å². The van der Waals surface area contributed by atoms with Gasteiger partial charge in [0.15, 0.2) is 0 Å². The van der Waals surface area contributed by atoms with E-state index in [1.165, 1.54) is 6.92 Å². The van der Waals surface area contributed by atoms with Crippen LogP contribution in [0.2, 0.25) is 0 Å². The molecule has 5 nitrogen and oxygen atoms in total. The molecule has 0 spiro atoms. The van der Waals surface area contributed by atoms with Crippen molar-refractivity contribution in [3.8, 4) is 0 Å². The third kappa shape index (κ3) is 4.22. The van der Waals surface area contributed by atoms with Gasteiger partial charge in [-0.05, 0) is 13.8 Å². The lowest BCUT2D eigenvalue weighted by molar-refractivity contribution is -0.144. The molecule has 84 valence electrons. The maximum Gasteiger partial charge on any atom is 0.323 e. The Morgan fingerprint density at radius 3 is 2.36 bits per heavy atom. The number of nitrogens with one attached hydrogen (secondary N) is 1. The minimum atomic E-state index is -3.45. The summed E-state index contributed by atoms with van der Waals surface area (Å²) in [5, 5.41) is 2.38. The van der Waals surface area contributed by atoms with Crippen molar-refractivity contribution in [3.05, 3.63) is 0 Å². The first-order valence-electron chi connectivity index (χ1n) is 4.58. The summed E-state index contributed by atoms with van der Waals surface area (Å²) < 4.78 is 16.2. The van der Waals surface area contributed by atoms with Gasteiger partial charge in [-0.25, -0.2) is 5.09 Å². The average molecular weight is 223 g/mol. The molecule has 0 heterocycles. The SMILES string of the molecule is CCOC(=O)C(C)NP(=O)(O)C(C)C. The highest BCUT2D eigenvalue weighted by Gasteiger charge is 2.28. The molecule has 0 aromatic carbocycles. The molecular formula is C8H18NO4P.